The van der Waals surface area contributed by atoms with Crippen molar-refractivity contribution in [3.8, 4) is 11.1 Å². The number of rotatable bonds is 3. The third-order valence-corrected chi connectivity index (χ3v) is 13.0. The molecule has 0 spiro atoms. The second kappa shape index (κ2) is 7.98. The predicted molar refractivity (Wildman–Crippen MR) is 147 cm³/mol. The molecule has 2 heteroatoms. The molecule has 166 valence electrons. The second-order valence-corrected chi connectivity index (χ2v) is 16.3. The molecule has 0 amide bonds. The maximum Gasteiger partial charge on any atom is 0.126 e. The molecule has 0 fully saturated rings. The highest BCUT2D eigenvalue weighted by Crippen LogP contribution is 2.77. The van der Waals surface area contributed by atoms with Crippen molar-refractivity contribution >= 4 is 34.3 Å². The van der Waals surface area contributed by atoms with Crippen LogP contribution in [0.4, 0.5) is 0 Å². The summed E-state index contributed by atoms with van der Waals surface area (Å²) < 4.78 is 2.58. The van der Waals surface area contributed by atoms with Gasteiger partial charge in [0.25, 0.3) is 0 Å². The zero-order valence-electron chi connectivity index (χ0n) is 20.9. The van der Waals surface area contributed by atoms with Gasteiger partial charge in [-0.2, -0.15) is 4.67 Å². The Kier molecular flexibility index (Phi) is 5.73. The van der Waals surface area contributed by atoms with Gasteiger partial charge in [-0.3, -0.25) is 0 Å². The summed E-state index contributed by atoms with van der Waals surface area (Å²) in [7, 11) is 2.76. The van der Waals surface area contributed by atoms with E-state index in [0.29, 0.717) is 0 Å². The van der Waals surface area contributed by atoms with Gasteiger partial charge in [0, 0.05) is 19.7 Å². The number of benzene rings is 4. The van der Waals surface area contributed by atoms with E-state index in [4.69, 9.17) is 0 Å². The molecule has 0 aromatic heterocycles. The molecule has 0 heterocycles. The summed E-state index contributed by atoms with van der Waals surface area (Å²) in [4.78, 5) is 0. The Hall–Kier alpha value is -2.21. The van der Waals surface area contributed by atoms with E-state index in [1.54, 1.807) is 0 Å². The number of nitrogens with zero attached hydrogens (tertiary/aromatic N) is 1. The molecule has 0 N–H and O–H groups in total. The minimum atomic E-state index is -1.84. The Morgan fingerprint density at radius 1 is 0.562 bits per heavy atom. The summed E-state index contributed by atoms with van der Waals surface area (Å²) in [6.45, 7) is 14.6. The van der Waals surface area contributed by atoms with Crippen molar-refractivity contribution in [2.75, 3.05) is 14.1 Å². The molecule has 0 saturated carbocycles. The number of hydrogen-bond donors (Lipinski definition) is 0. The maximum absolute atomic E-state index is 2.58. The van der Waals surface area contributed by atoms with E-state index in [9.17, 15) is 0 Å². The van der Waals surface area contributed by atoms with Crippen molar-refractivity contribution in [3.05, 3.63) is 78.9 Å². The van der Waals surface area contributed by atoms with Crippen molar-refractivity contribution in [1.82, 2.24) is 4.67 Å². The fourth-order valence-electron chi connectivity index (χ4n) is 6.40. The number of hydrogen-bond acceptors (Lipinski definition) is 1. The van der Waals surface area contributed by atoms with Crippen molar-refractivity contribution in [3.63, 3.8) is 0 Å². The molecule has 1 nitrogen and oxygen atoms in total. The fraction of sp³-hybridized carbons (Fsp3) is 0.333. The highest BCUT2D eigenvalue weighted by molar-refractivity contribution is 7.83. The standard InChI is InChI=1S/C30H37NP/c1-29(2,3)32(31(7)8,30(4,5)6)27-21-20-23-15-10-12-18-25(23)28(27)26-19-13-16-22-14-9-11-17-24(22)26/h9-21H,1-8H3/q+1. The molecule has 0 radical (unpaired) electrons. The maximum atomic E-state index is 2.58. The van der Waals surface area contributed by atoms with Crippen LogP contribution in [0, 0.1) is 0 Å². The Morgan fingerprint density at radius 2 is 1.06 bits per heavy atom. The zero-order chi connectivity index (χ0) is 23.3. The quantitative estimate of drug-likeness (QED) is 0.288. The lowest BCUT2D eigenvalue weighted by Gasteiger charge is -2.50. The molecule has 0 aliphatic rings. The largest absolute Gasteiger partial charge is 0.181 e. The first kappa shape index (κ1) is 23.0. The Morgan fingerprint density at radius 3 is 1.62 bits per heavy atom. The van der Waals surface area contributed by atoms with Gasteiger partial charge in [0.15, 0.2) is 0 Å². The lowest BCUT2D eigenvalue weighted by atomic mass is 9.94. The van der Waals surface area contributed by atoms with Gasteiger partial charge in [-0.25, -0.2) is 0 Å². The zero-order valence-corrected chi connectivity index (χ0v) is 21.8. The second-order valence-electron chi connectivity index (χ2n) is 11.0. The van der Waals surface area contributed by atoms with Crippen LogP contribution >= 0.6 is 7.41 Å². The fourth-order valence-corrected chi connectivity index (χ4v) is 13.5. The lowest BCUT2D eigenvalue weighted by molar-refractivity contribution is 0.566. The van der Waals surface area contributed by atoms with Crippen molar-refractivity contribution in [2.24, 2.45) is 0 Å². The molecule has 0 unspecified atom stereocenters. The van der Waals surface area contributed by atoms with Crippen LogP contribution in [0.1, 0.15) is 41.5 Å². The molecule has 0 saturated heterocycles. The highest BCUT2D eigenvalue weighted by Gasteiger charge is 2.62. The molecule has 0 aliphatic carbocycles. The summed E-state index contributed by atoms with van der Waals surface area (Å²) in [6.07, 6.45) is 0. The van der Waals surface area contributed by atoms with Gasteiger partial charge in [-0.05, 0) is 74.7 Å². The molecular formula is C30H37NP+. The first-order chi connectivity index (χ1) is 15.0. The number of fused-ring (bicyclic) bond motifs is 2. The molecule has 0 atom stereocenters. The summed E-state index contributed by atoms with van der Waals surface area (Å²) in [6, 6.07) is 29.3. The third-order valence-electron chi connectivity index (χ3n) is 6.86. The monoisotopic (exact) mass is 442 g/mol. The van der Waals surface area contributed by atoms with E-state index < -0.39 is 7.41 Å². The van der Waals surface area contributed by atoms with Crippen molar-refractivity contribution in [1.29, 1.82) is 0 Å². The molecular weight excluding hydrogens is 405 g/mol. The predicted octanol–water partition coefficient (Wildman–Crippen LogP) is 8.38. The molecule has 4 aromatic carbocycles. The van der Waals surface area contributed by atoms with E-state index in [1.165, 1.54) is 38.0 Å². The van der Waals surface area contributed by atoms with E-state index in [2.05, 4.69) is 139 Å². The summed E-state index contributed by atoms with van der Waals surface area (Å²) in [5.74, 6) is 0. The molecule has 4 rings (SSSR count). The minimum Gasteiger partial charge on any atom is -0.181 e. The van der Waals surface area contributed by atoms with Crippen molar-refractivity contribution in [2.45, 2.75) is 51.9 Å². The highest BCUT2D eigenvalue weighted by atomic mass is 31.2. The lowest BCUT2D eigenvalue weighted by Crippen LogP contribution is -2.47. The van der Waals surface area contributed by atoms with Gasteiger partial charge in [0.1, 0.15) is 12.7 Å². The average molecular weight is 443 g/mol. The van der Waals surface area contributed by atoms with Crippen LogP contribution in [0.15, 0.2) is 78.9 Å². The molecule has 32 heavy (non-hydrogen) atoms. The van der Waals surface area contributed by atoms with Crippen LogP contribution in [0.5, 0.6) is 0 Å². The van der Waals surface area contributed by atoms with E-state index >= 15 is 0 Å². The topological polar surface area (TPSA) is 3.24 Å². The van der Waals surface area contributed by atoms with Crippen LogP contribution in [0.2, 0.25) is 0 Å². The third kappa shape index (κ3) is 3.38. The first-order valence-electron chi connectivity index (χ1n) is 11.6. The Bertz CT molecular complexity index is 1250. The van der Waals surface area contributed by atoms with Gasteiger partial charge in [0.2, 0.25) is 0 Å². The normalized spacial score (nSPS) is 13.3. The van der Waals surface area contributed by atoms with E-state index in [0.717, 1.165) is 0 Å². The summed E-state index contributed by atoms with van der Waals surface area (Å²) >= 11 is 0. The van der Waals surface area contributed by atoms with Crippen LogP contribution in [0.3, 0.4) is 0 Å². The van der Waals surface area contributed by atoms with Gasteiger partial charge in [-0.1, -0.05) is 72.8 Å². The van der Waals surface area contributed by atoms with E-state index in [-0.39, 0.29) is 10.3 Å². The SMILES string of the molecule is CN(C)[P+](c1ccc2ccccc2c1-c1cccc2ccccc12)(C(C)(C)C)C(C)(C)C. The van der Waals surface area contributed by atoms with Gasteiger partial charge >= 0.3 is 0 Å². The summed E-state index contributed by atoms with van der Waals surface area (Å²) in [5.41, 5.74) is 2.75. The van der Waals surface area contributed by atoms with Crippen LogP contribution in [0.25, 0.3) is 32.7 Å². The van der Waals surface area contributed by atoms with E-state index in [1.807, 2.05) is 0 Å². The molecule has 0 bridgehead atoms. The Balaban J connectivity index is 2.26. The van der Waals surface area contributed by atoms with Crippen LogP contribution in [-0.4, -0.2) is 29.1 Å². The van der Waals surface area contributed by atoms with Crippen LogP contribution < -0.4 is 5.30 Å². The molecule has 4 aromatic rings. The first-order valence-corrected chi connectivity index (χ1v) is 13.3. The van der Waals surface area contributed by atoms with Gasteiger partial charge in [-0.15, -0.1) is 0 Å². The van der Waals surface area contributed by atoms with Gasteiger partial charge < -0.3 is 0 Å². The summed E-state index contributed by atoms with van der Waals surface area (Å²) in [5, 5.41) is 7.00. The minimum absolute atomic E-state index is 0.108. The van der Waals surface area contributed by atoms with Gasteiger partial charge in [0.05, 0.1) is 10.3 Å². The smallest absolute Gasteiger partial charge is 0.126 e. The average Bonchev–Trinajstić information content (AvgIpc) is 2.71. The van der Waals surface area contributed by atoms with Crippen LogP contribution in [-0.2, 0) is 0 Å². The Labute approximate surface area is 194 Å². The molecule has 0 aliphatic heterocycles. The van der Waals surface area contributed by atoms with Crippen molar-refractivity contribution < 1.29 is 0 Å².